The van der Waals surface area contributed by atoms with E-state index < -0.39 is 19.5 Å². The van der Waals surface area contributed by atoms with Gasteiger partial charge in [0.25, 0.3) is 9.70 Å². The average molecular weight is 547 g/mol. The molecule has 34 heavy (non-hydrogen) atoms. The van der Waals surface area contributed by atoms with Gasteiger partial charge in [-0.3, -0.25) is 4.79 Å². The summed E-state index contributed by atoms with van der Waals surface area (Å²) in [6.07, 6.45) is 1.48. The molecule has 0 unspecified atom stereocenters. The number of H-pyrrole nitrogens is 1. The van der Waals surface area contributed by atoms with Gasteiger partial charge in [0.05, 0.1) is 29.7 Å². The molecule has 1 aliphatic heterocycles. The summed E-state index contributed by atoms with van der Waals surface area (Å²) in [6.45, 7) is 1.46. The van der Waals surface area contributed by atoms with Crippen LogP contribution in [0.2, 0.25) is 0 Å². The largest absolute Gasteiger partial charge is 0.497 e. The van der Waals surface area contributed by atoms with Crippen LogP contribution in [0.15, 0.2) is 52.4 Å². The fourth-order valence-electron chi connectivity index (χ4n) is 3.96. The second kappa shape index (κ2) is 9.37. The maximum absolute atomic E-state index is 13.6. The van der Waals surface area contributed by atoms with Crippen molar-refractivity contribution in [3.8, 4) is 11.5 Å². The Bertz CT molecular complexity index is 1330. The highest BCUT2D eigenvalue weighted by molar-refractivity contribution is 7.91. The number of alkyl halides is 3. The molecular weight excluding hydrogens is 525 g/mol. The number of hydrogen-bond donors (Lipinski definition) is 1. The van der Waals surface area contributed by atoms with Crippen molar-refractivity contribution >= 4 is 67.1 Å². The van der Waals surface area contributed by atoms with Crippen LogP contribution in [-0.2, 0) is 14.6 Å². The molecule has 1 amide bonds. The standard InChI is InChI=1S/C22H22Cl3N3O5S/c1-32-14-3-5-17-16(11-14)20(13-26-17)34(30,31)15-4-6-19(33-2)18(12-15)27-7-9-28(10-8-27)21(29)22(23,24)25/h3-6,11-13,26H,7-10H2,1-2H3. The Morgan fingerprint density at radius 1 is 1.00 bits per heavy atom. The molecule has 1 aromatic heterocycles. The number of anilines is 1. The molecule has 0 saturated carbocycles. The fourth-order valence-corrected chi connectivity index (χ4v) is 5.76. The van der Waals surface area contributed by atoms with E-state index in [1.807, 2.05) is 4.90 Å². The van der Waals surface area contributed by atoms with Gasteiger partial charge in [-0.2, -0.15) is 0 Å². The average Bonchev–Trinajstić information content (AvgIpc) is 3.26. The van der Waals surface area contributed by atoms with Gasteiger partial charge < -0.3 is 24.3 Å². The molecule has 8 nitrogen and oxygen atoms in total. The topological polar surface area (TPSA) is 91.9 Å². The molecule has 0 atom stereocenters. The van der Waals surface area contributed by atoms with E-state index in [1.165, 1.54) is 31.4 Å². The summed E-state index contributed by atoms with van der Waals surface area (Å²) in [4.78, 5) is 18.9. The van der Waals surface area contributed by atoms with Crippen molar-refractivity contribution in [1.29, 1.82) is 0 Å². The molecule has 1 saturated heterocycles. The number of halogens is 3. The first-order chi connectivity index (χ1) is 16.1. The Labute approximate surface area is 212 Å². The molecule has 1 fully saturated rings. The first-order valence-electron chi connectivity index (χ1n) is 10.3. The number of benzene rings is 2. The van der Waals surface area contributed by atoms with Crippen molar-refractivity contribution in [2.24, 2.45) is 0 Å². The van der Waals surface area contributed by atoms with E-state index in [2.05, 4.69) is 4.98 Å². The van der Waals surface area contributed by atoms with Crippen LogP contribution in [-0.4, -0.2) is 68.4 Å². The van der Waals surface area contributed by atoms with Crippen molar-refractivity contribution in [2.45, 2.75) is 13.6 Å². The van der Waals surface area contributed by atoms with Crippen LogP contribution >= 0.6 is 34.8 Å². The van der Waals surface area contributed by atoms with E-state index in [4.69, 9.17) is 44.3 Å². The van der Waals surface area contributed by atoms with E-state index in [-0.39, 0.29) is 9.79 Å². The number of amides is 1. The number of ether oxygens (including phenoxy) is 2. The minimum Gasteiger partial charge on any atom is -0.497 e. The van der Waals surface area contributed by atoms with Crippen LogP contribution in [0.4, 0.5) is 5.69 Å². The highest BCUT2D eigenvalue weighted by Gasteiger charge is 2.37. The first-order valence-corrected chi connectivity index (χ1v) is 12.9. The molecule has 12 heteroatoms. The third kappa shape index (κ3) is 4.62. The Morgan fingerprint density at radius 2 is 1.71 bits per heavy atom. The number of hydrogen-bond acceptors (Lipinski definition) is 6. The summed E-state index contributed by atoms with van der Waals surface area (Å²) >= 11 is 17.2. The van der Waals surface area contributed by atoms with Gasteiger partial charge in [-0.1, -0.05) is 34.8 Å². The number of rotatable bonds is 5. The molecule has 182 valence electrons. The molecule has 0 spiro atoms. The summed E-state index contributed by atoms with van der Waals surface area (Å²) in [7, 11) is -0.821. The predicted octanol–water partition coefficient (Wildman–Crippen LogP) is 4.04. The van der Waals surface area contributed by atoms with Crippen molar-refractivity contribution in [3.05, 3.63) is 42.6 Å². The normalized spacial score (nSPS) is 15.0. The first kappa shape index (κ1) is 24.8. The molecule has 0 aliphatic carbocycles. The lowest BCUT2D eigenvalue weighted by atomic mass is 10.2. The summed E-state index contributed by atoms with van der Waals surface area (Å²) in [5, 5.41) is 0.538. The quantitative estimate of drug-likeness (QED) is 0.486. The van der Waals surface area contributed by atoms with Gasteiger partial charge in [0, 0.05) is 43.3 Å². The summed E-state index contributed by atoms with van der Waals surface area (Å²) in [5.74, 6) is 0.483. The second-order valence-corrected chi connectivity index (χ2v) is 11.9. The number of carbonyl (C=O) groups is 1. The van der Waals surface area contributed by atoms with Gasteiger partial charge in [0.15, 0.2) is 0 Å². The lowest BCUT2D eigenvalue weighted by molar-refractivity contribution is -0.130. The molecule has 4 rings (SSSR count). The van der Waals surface area contributed by atoms with Gasteiger partial charge in [-0.05, 0) is 36.4 Å². The highest BCUT2D eigenvalue weighted by atomic mass is 35.6. The zero-order chi connectivity index (χ0) is 24.7. The Kier molecular flexibility index (Phi) is 6.83. The predicted molar refractivity (Wildman–Crippen MR) is 132 cm³/mol. The molecule has 0 bridgehead atoms. The number of carbonyl (C=O) groups excluding carboxylic acids is 1. The zero-order valence-electron chi connectivity index (χ0n) is 18.3. The summed E-state index contributed by atoms with van der Waals surface area (Å²) < 4.78 is 35.9. The monoisotopic (exact) mass is 545 g/mol. The third-order valence-corrected chi connectivity index (χ3v) is 8.03. The molecule has 3 aromatic rings. The SMILES string of the molecule is COc1ccc2[nH]cc(S(=O)(=O)c3ccc(OC)c(N4CCN(C(=O)C(Cl)(Cl)Cl)CC4)c3)c2c1. The Hall–Kier alpha value is -2.33. The minimum atomic E-state index is -3.86. The van der Waals surface area contributed by atoms with Gasteiger partial charge in [0.1, 0.15) is 11.5 Å². The van der Waals surface area contributed by atoms with Crippen LogP contribution in [0.5, 0.6) is 11.5 Å². The van der Waals surface area contributed by atoms with Crippen molar-refractivity contribution in [1.82, 2.24) is 9.88 Å². The third-order valence-electron chi connectivity index (χ3n) is 5.75. The van der Waals surface area contributed by atoms with E-state index in [0.717, 1.165) is 0 Å². The van der Waals surface area contributed by atoms with Crippen molar-refractivity contribution in [3.63, 3.8) is 0 Å². The zero-order valence-corrected chi connectivity index (χ0v) is 21.4. The fraction of sp³-hybridized carbons (Fsp3) is 0.318. The van der Waals surface area contributed by atoms with E-state index >= 15 is 0 Å². The maximum Gasteiger partial charge on any atom is 0.274 e. The number of nitrogens with zero attached hydrogens (tertiary/aromatic N) is 2. The molecular formula is C22H22Cl3N3O5S. The van der Waals surface area contributed by atoms with Crippen LogP contribution in [0, 0.1) is 0 Å². The molecule has 1 aliphatic rings. The van der Waals surface area contributed by atoms with Crippen LogP contribution in [0.1, 0.15) is 0 Å². The van der Waals surface area contributed by atoms with Crippen molar-refractivity contribution < 1.29 is 22.7 Å². The number of methoxy groups -OCH3 is 2. The number of aromatic nitrogens is 1. The smallest absolute Gasteiger partial charge is 0.274 e. The van der Waals surface area contributed by atoms with Gasteiger partial charge >= 0.3 is 0 Å². The van der Waals surface area contributed by atoms with Crippen LogP contribution in [0.25, 0.3) is 10.9 Å². The summed E-state index contributed by atoms with van der Waals surface area (Å²) in [6, 6.07) is 9.93. The highest BCUT2D eigenvalue weighted by Crippen LogP contribution is 2.36. The van der Waals surface area contributed by atoms with Gasteiger partial charge in [0.2, 0.25) is 9.84 Å². The van der Waals surface area contributed by atoms with Crippen LogP contribution < -0.4 is 14.4 Å². The number of aromatic amines is 1. The number of nitrogens with one attached hydrogen (secondary N) is 1. The number of sulfone groups is 1. The summed E-state index contributed by atoms with van der Waals surface area (Å²) in [5.41, 5.74) is 1.28. The van der Waals surface area contributed by atoms with Gasteiger partial charge in [-0.15, -0.1) is 0 Å². The van der Waals surface area contributed by atoms with E-state index in [1.54, 1.807) is 30.3 Å². The maximum atomic E-state index is 13.6. The number of fused-ring (bicyclic) bond motifs is 1. The molecule has 2 aromatic carbocycles. The Balaban J connectivity index is 1.66. The minimum absolute atomic E-state index is 0.117. The lowest BCUT2D eigenvalue weighted by Gasteiger charge is -2.37. The lowest BCUT2D eigenvalue weighted by Crippen LogP contribution is -2.51. The van der Waals surface area contributed by atoms with Crippen LogP contribution in [0.3, 0.4) is 0 Å². The molecule has 0 radical (unpaired) electrons. The van der Waals surface area contributed by atoms with Gasteiger partial charge in [-0.25, -0.2) is 8.42 Å². The van der Waals surface area contributed by atoms with Crippen molar-refractivity contribution in [2.75, 3.05) is 45.3 Å². The van der Waals surface area contributed by atoms with E-state index in [9.17, 15) is 13.2 Å². The number of piperazine rings is 1. The Morgan fingerprint density at radius 3 is 2.32 bits per heavy atom. The molecule has 1 N–H and O–H groups in total. The molecule has 2 heterocycles. The van der Waals surface area contributed by atoms with E-state index in [0.29, 0.717) is 54.3 Å². The second-order valence-electron chi connectivity index (χ2n) is 7.68.